The molecule has 138 valence electrons. The van der Waals surface area contributed by atoms with Crippen LogP contribution in [-0.4, -0.2) is 22.4 Å². The number of fused-ring (bicyclic) bond motifs is 1. The molecule has 3 aromatic rings. The van der Waals surface area contributed by atoms with Crippen LogP contribution in [0.2, 0.25) is 0 Å². The topological polar surface area (TPSA) is 103 Å². The van der Waals surface area contributed by atoms with Gasteiger partial charge in [-0.05, 0) is 44.0 Å². The lowest BCUT2D eigenvalue weighted by Gasteiger charge is -2.13. The fourth-order valence-electron chi connectivity index (χ4n) is 2.77. The summed E-state index contributed by atoms with van der Waals surface area (Å²) in [5.74, 6) is -1.05. The van der Waals surface area contributed by atoms with Crippen LogP contribution in [0, 0.1) is 20.8 Å². The van der Waals surface area contributed by atoms with Gasteiger partial charge in [-0.3, -0.25) is 9.59 Å². The van der Waals surface area contributed by atoms with E-state index in [1.54, 1.807) is 31.2 Å². The lowest BCUT2D eigenvalue weighted by Crippen LogP contribution is -2.18. The van der Waals surface area contributed by atoms with Crippen molar-refractivity contribution in [2.75, 3.05) is 5.75 Å². The highest BCUT2D eigenvalue weighted by molar-refractivity contribution is 8.00. The first kappa shape index (κ1) is 18.8. The van der Waals surface area contributed by atoms with Gasteiger partial charge in [-0.1, -0.05) is 30.0 Å². The standard InChI is InChI=1S/C20H18N2O4S/c1-10-11(2)17(18(21)24)19(22-12(10)3)27-9-15(23)14-8-13-6-4-5-7-16(13)26-20(14)25/h4-8H,9H2,1-3H3,(H2,21,24). The largest absolute Gasteiger partial charge is 0.422 e. The van der Waals surface area contributed by atoms with Gasteiger partial charge in [-0.2, -0.15) is 0 Å². The number of Topliss-reactive ketones (excluding diaryl/α,β-unsaturated/α-hetero) is 1. The maximum atomic E-state index is 12.6. The molecule has 0 unspecified atom stereocenters. The number of nitrogens with two attached hydrogens (primary N) is 1. The Kier molecular flexibility index (Phi) is 5.14. The van der Waals surface area contributed by atoms with Gasteiger partial charge in [0.25, 0.3) is 5.91 Å². The molecule has 0 saturated heterocycles. The maximum Gasteiger partial charge on any atom is 0.347 e. The van der Waals surface area contributed by atoms with Crippen molar-refractivity contribution in [3.05, 3.63) is 68.7 Å². The number of nitrogens with zero attached hydrogens (tertiary/aromatic N) is 1. The number of pyridine rings is 1. The molecule has 0 bridgehead atoms. The summed E-state index contributed by atoms with van der Waals surface area (Å²) in [5.41, 5.74) is 7.91. The van der Waals surface area contributed by atoms with Gasteiger partial charge in [-0.25, -0.2) is 9.78 Å². The SMILES string of the molecule is Cc1nc(SCC(=O)c2cc3ccccc3oc2=O)c(C(N)=O)c(C)c1C. The fraction of sp³-hybridized carbons (Fsp3) is 0.200. The number of para-hydroxylation sites is 1. The van der Waals surface area contributed by atoms with Crippen molar-refractivity contribution in [3.8, 4) is 0 Å². The Morgan fingerprint density at radius 3 is 2.56 bits per heavy atom. The van der Waals surface area contributed by atoms with Crippen LogP contribution in [0.5, 0.6) is 0 Å². The number of amides is 1. The molecule has 0 aliphatic carbocycles. The molecule has 0 fully saturated rings. The first-order valence-electron chi connectivity index (χ1n) is 8.26. The Morgan fingerprint density at radius 1 is 1.15 bits per heavy atom. The minimum atomic E-state index is -0.682. The number of hydrogen-bond donors (Lipinski definition) is 1. The average molecular weight is 382 g/mol. The lowest BCUT2D eigenvalue weighted by molar-refractivity contribution is 0.0991. The van der Waals surface area contributed by atoms with Gasteiger partial charge in [-0.15, -0.1) is 0 Å². The van der Waals surface area contributed by atoms with Crippen LogP contribution in [0.1, 0.15) is 37.5 Å². The van der Waals surface area contributed by atoms with Crippen molar-refractivity contribution in [2.24, 2.45) is 5.73 Å². The van der Waals surface area contributed by atoms with Crippen molar-refractivity contribution < 1.29 is 14.0 Å². The van der Waals surface area contributed by atoms with Gasteiger partial charge < -0.3 is 10.2 Å². The van der Waals surface area contributed by atoms with E-state index in [0.717, 1.165) is 28.6 Å². The first-order valence-corrected chi connectivity index (χ1v) is 9.24. The highest BCUT2D eigenvalue weighted by Gasteiger charge is 2.20. The van der Waals surface area contributed by atoms with Gasteiger partial charge in [0.05, 0.1) is 11.3 Å². The van der Waals surface area contributed by atoms with E-state index in [4.69, 9.17) is 10.2 Å². The molecule has 2 N–H and O–H groups in total. The number of carbonyl (C=O) groups is 2. The minimum absolute atomic E-state index is 0.0256. The quantitative estimate of drug-likeness (QED) is 0.413. The smallest absolute Gasteiger partial charge is 0.347 e. The molecule has 0 aliphatic heterocycles. The molecule has 3 rings (SSSR count). The Balaban J connectivity index is 1.92. The van der Waals surface area contributed by atoms with E-state index in [-0.39, 0.29) is 11.3 Å². The van der Waals surface area contributed by atoms with E-state index in [2.05, 4.69) is 4.98 Å². The molecular weight excluding hydrogens is 364 g/mol. The number of aromatic nitrogens is 1. The first-order chi connectivity index (χ1) is 12.8. The highest BCUT2D eigenvalue weighted by Crippen LogP contribution is 2.27. The predicted molar refractivity (Wildman–Crippen MR) is 105 cm³/mol. The second kappa shape index (κ2) is 7.36. The molecule has 7 heteroatoms. The Morgan fingerprint density at radius 2 is 1.85 bits per heavy atom. The summed E-state index contributed by atoms with van der Waals surface area (Å²) in [6, 6.07) is 8.51. The number of benzene rings is 1. The number of hydrogen-bond acceptors (Lipinski definition) is 6. The van der Waals surface area contributed by atoms with E-state index in [1.807, 2.05) is 13.8 Å². The summed E-state index contributed by atoms with van der Waals surface area (Å²) < 4.78 is 5.21. The normalized spacial score (nSPS) is 10.9. The van der Waals surface area contributed by atoms with E-state index < -0.39 is 17.3 Å². The fourth-order valence-corrected chi connectivity index (χ4v) is 3.80. The zero-order valence-electron chi connectivity index (χ0n) is 15.2. The van der Waals surface area contributed by atoms with Crippen molar-refractivity contribution in [1.29, 1.82) is 0 Å². The molecular formula is C20H18N2O4S. The summed E-state index contributed by atoms with van der Waals surface area (Å²) in [5, 5.41) is 1.06. The van der Waals surface area contributed by atoms with Gasteiger partial charge in [0, 0.05) is 11.1 Å². The third-order valence-corrected chi connectivity index (χ3v) is 5.47. The number of carbonyl (C=O) groups excluding carboxylic acids is 2. The van der Waals surface area contributed by atoms with Crippen LogP contribution < -0.4 is 11.4 Å². The highest BCUT2D eigenvalue weighted by atomic mass is 32.2. The maximum absolute atomic E-state index is 12.6. The molecule has 2 aromatic heterocycles. The summed E-state index contributed by atoms with van der Waals surface area (Å²) in [4.78, 5) is 40.9. The predicted octanol–water partition coefficient (Wildman–Crippen LogP) is 3.19. The van der Waals surface area contributed by atoms with Gasteiger partial charge in [0.1, 0.15) is 16.2 Å². The number of aryl methyl sites for hydroxylation is 1. The molecule has 0 atom stereocenters. The molecule has 1 amide bonds. The molecule has 6 nitrogen and oxygen atoms in total. The van der Waals surface area contributed by atoms with E-state index in [0.29, 0.717) is 21.6 Å². The van der Waals surface area contributed by atoms with E-state index >= 15 is 0 Å². The van der Waals surface area contributed by atoms with Crippen LogP contribution in [0.15, 0.2) is 44.6 Å². The van der Waals surface area contributed by atoms with Crippen molar-refractivity contribution in [2.45, 2.75) is 25.8 Å². The Hall–Kier alpha value is -2.93. The van der Waals surface area contributed by atoms with Crippen LogP contribution >= 0.6 is 11.8 Å². The zero-order valence-corrected chi connectivity index (χ0v) is 16.0. The molecule has 0 spiro atoms. The van der Waals surface area contributed by atoms with Gasteiger partial charge in [0.15, 0.2) is 5.78 Å². The van der Waals surface area contributed by atoms with Crippen LogP contribution in [-0.2, 0) is 0 Å². The summed E-state index contributed by atoms with van der Waals surface area (Å²) in [7, 11) is 0. The minimum Gasteiger partial charge on any atom is -0.422 e. The van der Waals surface area contributed by atoms with Crippen LogP contribution in [0.3, 0.4) is 0 Å². The van der Waals surface area contributed by atoms with Crippen molar-refractivity contribution in [3.63, 3.8) is 0 Å². The third-order valence-electron chi connectivity index (χ3n) is 4.49. The average Bonchev–Trinajstić information content (AvgIpc) is 2.63. The van der Waals surface area contributed by atoms with Gasteiger partial charge >= 0.3 is 5.63 Å². The number of rotatable bonds is 5. The van der Waals surface area contributed by atoms with Crippen LogP contribution in [0.4, 0.5) is 0 Å². The zero-order chi connectivity index (χ0) is 19.7. The Labute approximate surface area is 159 Å². The molecule has 0 saturated carbocycles. The summed E-state index contributed by atoms with van der Waals surface area (Å²) >= 11 is 1.09. The monoisotopic (exact) mass is 382 g/mol. The van der Waals surface area contributed by atoms with Crippen molar-refractivity contribution >= 4 is 34.4 Å². The third kappa shape index (κ3) is 3.64. The summed E-state index contributed by atoms with van der Waals surface area (Å²) in [6.45, 7) is 5.49. The molecule has 1 aromatic carbocycles. The second-order valence-electron chi connectivity index (χ2n) is 6.19. The number of primary amides is 1. The van der Waals surface area contributed by atoms with Crippen molar-refractivity contribution in [1.82, 2.24) is 4.98 Å². The number of thioether (sulfide) groups is 1. The number of ketones is 1. The van der Waals surface area contributed by atoms with E-state index in [9.17, 15) is 14.4 Å². The molecule has 27 heavy (non-hydrogen) atoms. The van der Waals surface area contributed by atoms with Crippen LogP contribution in [0.25, 0.3) is 11.0 Å². The molecule has 0 radical (unpaired) electrons. The van der Waals surface area contributed by atoms with Gasteiger partial charge in [0.2, 0.25) is 0 Å². The lowest BCUT2D eigenvalue weighted by atomic mass is 10.0. The summed E-state index contributed by atoms with van der Waals surface area (Å²) in [6.07, 6.45) is 0. The van der Waals surface area contributed by atoms with E-state index in [1.165, 1.54) is 6.07 Å². The second-order valence-corrected chi connectivity index (χ2v) is 7.15. The molecule has 0 aliphatic rings. The molecule has 2 heterocycles. The Bertz CT molecular complexity index is 1130.